The summed E-state index contributed by atoms with van der Waals surface area (Å²) in [6.45, 7) is 2.33. The van der Waals surface area contributed by atoms with Crippen LogP contribution in [0.1, 0.15) is 13.8 Å². The summed E-state index contributed by atoms with van der Waals surface area (Å²) in [4.78, 5) is 0. The van der Waals surface area contributed by atoms with Gasteiger partial charge in [0, 0.05) is 0 Å². The monoisotopic (exact) mass is 266 g/mol. The Morgan fingerprint density at radius 2 is 1.56 bits per heavy atom. The van der Waals surface area contributed by atoms with Crippen molar-refractivity contribution in [3.8, 4) is 0 Å². The van der Waals surface area contributed by atoms with Gasteiger partial charge in [-0.15, -0.1) is 0 Å². The highest BCUT2D eigenvalue weighted by atomic mass is 31.2. The average Bonchev–Trinajstić information content (AvgIpc) is 2.14. The molecule has 0 aliphatic rings. The van der Waals surface area contributed by atoms with Gasteiger partial charge in [0.15, 0.2) is 11.9 Å². The highest BCUT2D eigenvalue weighted by Crippen LogP contribution is 2.54. The minimum atomic E-state index is -5.09. The molecule has 5 nitrogen and oxygen atoms in total. The number of aliphatic hydroxyl groups excluding tert-OH is 2. The zero-order valence-corrected chi connectivity index (χ0v) is 9.66. The van der Waals surface area contributed by atoms with Gasteiger partial charge in [-0.05, 0) is 13.8 Å². The number of halogens is 3. The van der Waals surface area contributed by atoms with E-state index in [9.17, 15) is 17.7 Å². The summed E-state index contributed by atoms with van der Waals surface area (Å²) in [5.41, 5.74) is 0. The molecule has 0 aliphatic carbocycles. The molecule has 0 fully saturated rings. The van der Waals surface area contributed by atoms with E-state index >= 15 is 0 Å². The Labute approximate surface area is 90.7 Å². The van der Waals surface area contributed by atoms with Crippen molar-refractivity contribution < 1.29 is 37.0 Å². The van der Waals surface area contributed by atoms with Crippen molar-refractivity contribution >= 4 is 7.60 Å². The smallest absolute Gasteiger partial charge is 0.381 e. The van der Waals surface area contributed by atoms with Gasteiger partial charge in [-0.25, -0.2) is 0 Å². The molecule has 2 N–H and O–H groups in total. The van der Waals surface area contributed by atoms with Crippen LogP contribution >= 0.6 is 7.60 Å². The molecule has 0 spiro atoms. The van der Waals surface area contributed by atoms with Crippen molar-refractivity contribution in [3.05, 3.63) is 0 Å². The zero-order chi connectivity index (χ0) is 13.0. The highest BCUT2D eigenvalue weighted by molar-refractivity contribution is 7.54. The molecule has 0 heterocycles. The molecule has 0 unspecified atom stereocenters. The third-order valence-corrected chi connectivity index (χ3v) is 3.73. The molecule has 0 aromatic rings. The summed E-state index contributed by atoms with van der Waals surface area (Å²) in [6.07, 6.45) is -8.26. The molecule has 0 bridgehead atoms. The van der Waals surface area contributed by atoms with E-state index in [2.05, 4.69) is 9.05 Å². The van der Waals surface area contributed by atoms with Crippen molar-refractivity contribution in [2.45, 2.75) is 32.0 Å². The normalized spacial score (nSPS) is 17.2. The first-order valence-electron chi connectivity index (χ1n) is 4.50. The Morgan fingerprint density at radius 1 is 1.19 bits per heavy atom. The van der Waals surface area contributed by atoms with Crippen LogP contribution in [0.25, 0.3) is 0 Å². The van der Waals surface area contributed by atoms with Crippen LogP contribution in [0.15, 0.2) is 0 Å². The lowest BCUT2D eigenvalue weighted by molar-refractivity contribution is -0.221. The van der Waals surface area contributed by atoms with Gasteiger partial charge in [-0.1, -0.05) is 0 Å². The average molecular weight is 266 g/mol. The molecule has 0 saturated carbocycles. The molecule has 9 heteroatoms. The van der Waals surface area contributed by atoms with Gasteiger partial charge < -0.3 is 19.3 Å². The highest BCUT2D eigenvalue weighted by Gasteiger charge is 2.51. The number of rotatable bonds is 6. The van der Waals surface area contributed by atoms with Crippen LogP contribution in [0, 0.1) is 0 Å². The van der Waals surface area contributed by atoms with Crippen molar-refractivity contribution in [2.24, 2.45) is 0 Å². The van der Waals surface area contributed by atoms with E-state index in [0.29, 0.717) is 0 Å². The minimum absolute atomic E-state index is 0.209. The maximum absolute atomic E-state index is 12.1. The van der Waals surface area contributed by atoms with Crippen LogP contribution in [-0.2, 0) is 13.6 Å². The first kappa shape index (κ1) is 15.9. The molecule has 0 aromatic carbocycles. The van der Waals surface area contributed by atoms with Crippen molar-refractivity contribution in [1.29, 1.82) is 0 Å². The Morgan fingerprint density at radius 3 is 1.81 bits per heavy atom. The maximum Gasteiger partial charge on any atom is 0.417 e. The lowest BCUT2D eigenvalue weighted by atomic mass is 10.4. The van der Waals surface area contributed by atoms with Gasteiger partial charge in [0.25, 0.3) is 0 Å². The van der Waals surface area contributed by atoms with Crippen LogP contribution in [0.2, 0.25) is 0 Å². The fourth-order valence-electron chi connectivity index (χ4n) is 0.892. The van der Waals surface area contributed by atoms with Crippen LogP contribution < -0.4 is 0 Å². The lowest BCUT2D eigenvalue weighted by Crippen LogP contribution is -2.40. The second-order valence-corrected chi connectivity index (χ2v) is 4.90. The molecule has 2 atom stereocenters. The van der Waals surface area contributed by atoms with E-state index in [1.54, 1.807) is 0 Å². The van der Waals surface area contributed by atoms with Gasteiger partial charge >= 0.3 is 13.8 Å². The largest absolute Gasteiger partial charge is 0.417 e. The van der Waals surface area contributed by atoms with Gasteiger partial charge in [0.05, 0.1) is 13.2 Å². The topological polar surface area (TPSA) is 76.0 Å². The molecular weight excluding hydrogens is 252 g/mol. The number of hydrogen-bond donors (Lipinski definition) is 2. The second-order valence-electron chi connectivity index (χ2n) is 2.78. The van der Waals surface area contributed by atoms with Gasteiger partial charge in [0.2, 0.25) is 0 Å². The van der Waals surface area contributed by atoms with E-state index in [1.165, 1.54) is 13.8 Å². The van der Waals surface area contributed by atoms with Crippen molar-refractivity contribution in [3.63, 3.8) is 0 Å². The Balaban J connectivity index is 4.87. The lowest BCUT2D eigenvalue weighted by Gasteiger charge is -2.26. The summed E-state index contributed by atoms with van der Waals surface area (Å²) in [5.74, 6) is -2.65. The molecule has 0 amide bonds. The first-order valence-corrected chi connectivity index (χ1v) is 6.11. The molecule has 0 aliphatic heterocycles. The van der Waals surface area contributed by atoms with E-state index in [4.69, 9.17) is 10.2 Å². The molecule has 0 aromatic heterocycles. The second kappa shape index (κ2) is 5.97. The van der Waals surface area contributed by atoms with Crippen LogP contribution in [0.4, 0.5) is 13.2 Å². The summed E-state index contributed by atoms with van der Waals surface area (Å²) < 4.78 is 56.8. The fraction of sp³-hybridized carbons (Fsp3) is 1.00. The van der Waals surface area contributed by atoms with Crippen molar-refractivity contribution in [1.82, 2.24) is 0 Å². The number of aliphatic hydroxyl groups is 2. The third-order valence-electron chi connectivity index (χ3n) is 1.56. The molecular formula is C7H14F3O5P. The predicted molar refractivity (Wildman–Crippen MR) is 48.9 cm³/mol. The zero-order valence-electron chi connectivity index (χ0n) is 8.77. The molecule has 98 valence electrons. The summed E-state index contributed by atoms with van der Waals surface area (Å²) in [7, 11) is -4.38. The maximum atomic E-state index is 12.1. The first-order chi connectivity index (χ1) is 7.19. The van der Waals surface area contributed by atoms with E-state index in [0.717, 1.165) is 0 Å². The molecule has 0 radical (unpaired) electrons. The van der Waals surface area contributed by atoms with Gasteiger partial charge in [0.1, 0.15) is 0 Å². The molecule has 16 heavy (non-hydrogen) atoms. The Hall–Kier alpha value is -0.140. The fourth-order valence-corrected chi connectivity index (χ4v) is 2.51. The van der Waals surface area contributed by atoms with Gasteiger partial charge in [-0.2, -0.15) is 13.2 Å². The number of alkyl halides is 3. The Kier molecular flexibility index (Phi) is 5.92. The summed E-state index contributed by atoms with van der Waals surface area (Å²) >= 11 is 0. The summed E-state index contributed by atoms with van der Waals surface area (Å²) in [5, 5.41) is 17.9. The van der Waals surface area contributed by atoms with Crippen molar-refractivity contribution in [2.75, 3.05) is 13.2 Å². The van der Waals surface area contributed by atoms with Crippen LogP contribution in [0.3, 0.4) is 0 Å². The SMILES string of the molecule is CCOP(=O)(OCC)[C@H](O)[C@H](O)C(F)(F)F. The Bertz CT molecular complexity index is 247. The standard InChI is InChI=1S/C7H14F3O5P/c1-3-14-16(13,15-4-2)6(12)5(11)7(8,9)10/h5-6,11-12H,3-4H2,1-2H3/t5-,6-/m0/s1. The van der Waals surface area contributed by atoms with E-state index < -0.39 is 25.7 Å². The van der Waals surface area contributed by atoms with E-state index in [-0.39, 0.29) is 13.2 Å². The minimum Gasteiger partial charge on any atom is -0.381 e. The molecule has 0 rings (SSSR count). The third kappa shape index (κ3) is 4.03. The predicted octanol–water partition coefficient (Wildman–Crippen LogP) is 1.49. The van der Waals surface area contributed by atoms with Crippen LogP contribution in [-0.4, -0.2) is 41.6 Å². The molecule has 0 saturated heterocycles. The quantitative estimate of drug-likeness (QED) is 0.712. The summed E-state index contributed by atoms with van der Waals surface area (Å²) in [6, 6.07) is 0. The van der Waals surface area contributed by atoms with Gasteiger partial charge in [-0.3, -0.25) is 4.57 Å². The van der Waals surface area contributed by atoms with E-state index in [1.807, 2.05) is 0 Å². The van der Waals surface area contributed by atoms with Crippen LogP contribution in [0.5, 0.6) is 0 Å². The number of hydrogen-bond acceptors (Lipinski definition) is 5.